The molecule has 2 rings (SSSR count). The number of rotatable bonds is 4. The normalized spacial score (nSPS) is 9.80. The van der Waals surface area contributed by atoms with Gasteiger partial charge in [-0.05, 0) is 42.9 Å². The van der Waals surface area contributed by atoms with Crippen LogP contribution in [0.25, 0.3) is 0 Å². The molecule has 0 radical (unpaired) electrons. The molecule has 0 saturated carbocycles. The summed E-state index contributed by atoms with van der Waals surface area (Å²) in [5, 5.41) is 11.5. The molecule has 0 aliphatic heterocycles. The molecule has 0 aliphatic rings. The first kappa shape index (κ1) is 13.7. The standard InChI is InChI=1S/C15H14N4O/c16-7-5-14-9-12(6-8-18-14)15(20)19-13-3-1-11(10-17)2-4-13/h1-4,6,8-9H,5,7,16H2,(H,19,20). The summed E-state index contributed by atoms with van der Waals surface area (Å²) in [5.41, 5.74) is 7.99. The molecule has 1 aromatic heterocycles. The van der Waals surface area contributed by atoms with E-state index < -0.39 is 0 Å². The number of benzene rings is 1. The van der Waals surface area contributed by atoms with Gasteiger partial charge in [0.05, 0.1) is 11.6 Å². The van der Waals surface area contributed by atoms with Crippen LogP contribution < -0.4 is 11.1 Å². The van der Waals surface area contributed by atoms with Crippen LogP contribution in [0.2, 0.25) is 0 Å². The van der Waals surface area contributed by atoms with E-state index in [0.29, 0.717) is 29.8 Å². The molecule has 100 valence electrons. The van der Waals surface area contributed by atoms with Crippen molar-refractivity contribution in [1.82, 2.24) is 4.98 Å². The maximum absolute atomic E-state index is 12.1. The third kappa shape index (κ3) is 3.40. The molecule has 0 atom stereocenters. The molecular formula is C15H14N4O. The highest BCUT2D eigenvalue weighted by molar-refractivity contribution is 6.04. The lowest BCUT2D eigenvalue weighted by Crippen LogP contribution is -2.13. The van der Waals surface area contributed by atoms with Gasteiger partial charge in [0.25, 0.3) is 5.91 Å². The quantitative estimate of drug-likeness (QED) is 0.881. The zero-order valence-corrected chi connectivity index (χ0v) is 10.8. The number of carbonyl (C=O) groups excluding carboxylic acids is 1. The number of aromatic nitrogens is 1. The number of pyridine rings is 1. The van der Waals surface area contributed by atoms with Crippen molar-refractivity contribution in [2.75, 3.05) is 11.9 Å². The van der Waals surface area contributed by atoms with Crippen molar-refractivity contribution < 1.29 is 4.79 Å². The summed E-state index contributed by atoms with van der Waals surface area (Å²) in [5.74, 6) is -0.213. The van der Waals surface area contributed by atoms with E-state index in [0.717, 1.165) is 5.69 Å². The predicted octanol–water partition coefficient (Wildman–Crippen LogP) is 1.71. The second-order valence-electron chi connectivity index (χ2n) is 4.22. The fourth-order valence-corrected chi connectivity index (χ4v) is 1.74. The van der Waals surface area contributed by atoms with Crippen LogP contribution in [-0.2, 0) is 6.42 Å². The number of carbonyl (C=O) groups is 1. The Bertz CT molecular complexity index is 644. The zero-order valence-electron chi connectivity index (χ0n) is 10.8. The number of hydrogen-bond donors (Lipinski definition) is 2. The van der Waals surface area contributed by atoms with E-state index in [1.54, 1.807) is 42.6 Å². The molecule has 20 heavy (non-hydrogen) atoms. The Morgan fingerprint density at radius 2 is 2.05 bits per heavy atom. The van der Waals surface area contributed by atoms with Gasteiger partial charge in [-0.3, -0.25) is 9.78 Å². The smallest absolute Gasteiger partial charge is 0.255 e. The molecule has 2 aromatic rings. The lowest BCUT2D eigenvalue weighted by molar-refractivity contribution is 0.102. The fourth-order valence-electron chi connectivity index (χ4n) is 1.74. The Kier molecular flexibility index (Phi) is 4.43. The van der Waals surface area contributed by atoms with Crippen molar-refractivity contribution in [3.63, 3.8) is 0 Å². The Morgan fingerprint density at radius 3 is 2.70 bits per heavy atom. The molecule has 5 heteroatoms. The lowest BCUT2D eigenvalue weighted by atomic mass is 10.1. The molecule has 0 aliphatic carbocycles. The summed E-state index contributed by atoms with van der Waals surface area (Å²) >= 11 is 0. The summed E-state index contributed by atoms with van der Waals surface area (Å²) < 4.78 is 0. The van der Waals surface area contributed by atoms with Gasteiger partial charge in [0.1, 0.15) is 0 Å². The summed E-state index contributed by atoms with van der Waals surface area (Å²) in [6.45, 7) is 0.494. The van der Waals surface area contributed by atoms with Crippen LogP contribution in [0.3, 0.4) is 0 Å². The lowest BCUT2D eigenvalue weighted by Gasteiger charge is -2.06. The van der Waals surface area contributed by atoms with Gasteiger partial charge in [0.15, 0.2) is 0 Å². The van der Waals surface area contributed by atoms with E-state index in [1.807, 2.05) is 6.07 Å². The molecule has 0 bridgehead atoms. The molecule has 5 nitrogen and oxygen atoms in total. The highest BCUT2D eigenvalue weighted by Gasteiger charge is 2.07. The van der Waals surface area contributed by atoms with Gasteiger partial charge in [-0.1, -0.05) is 0 Å². The van der Waals surface area contributed by atoms with Gasteiger partial charge in [-0.15, -0.1) is 0 Å². The minimum absolute atomic E-state index is 0.213. The highest BCUT2D eigenvalue weighted by Crippen LogP contribution is 2.11. The van der Waals surface area contributed by atoms with E-state index in [9.17, 15) is 4.79 Å². The number of nitrogens with two attached hydrogens (primary N) is 1. The number of nitriles is 1. The SMILES string of the molecule is N#Cc1ccc(NC(=O)c2ccnc(CCN)c2)cc1. The van der Waals surface area contributed by atoms with E-state index >= 15 is 0 Å². The maximum Gasteiger partial charge on any atom is 0.255 e. The van der Waals surface area contributed by atoms with Crippen molar-refractivity contribution in [3.05, 3.63) is 59.4 Å². The molecular weight excluding hydrogens is 252 g/mol. The van der Waals surface area contributed by atoms with Crippen molar-refractivity contribution >= 4 is 11.6 Å². The second kappa shape index (κ2) is 6.45. The number of anilines is 1. The Balaban J connectivity index is 2.11. The molecule has 0 fully saturated rings. The molecule has 3 N–H and O–H groups in total. The van der Waals surface area contributed by atoms with E-state index in [1.165, 1.54) is 0 Å². The number of hydrogen-bond acceptors (Lipinski definition) is 4. The zero-order chi connectivity index (χ0) is 14.4. The summed E-state index contributed by atoms with van der Waals surface area (Å²) in [7, 11) is 0. The van der Waals surface area contributed by atoms with Crippen LogP contribution >= 0.6 is 0 Å². The van der Waals surface area contributed by atoms with Gasteiger partial charge in [0.2, 0.25) is 0 Å². The summed E-state index contributed by atoms with van der Waals surface area (Å²) in [4.78, 5) is 16.2. The van der Waals surface area contributed by atoms with Gasteiger partial charge in [-0.2, -0.15) is 5.26 Å². The first-order valence-electron chi connectivity index (χ1n) is 6.19. The number of nitrogens with zero attached hydrogens (tertiary/aromatic N) is 2. The third-order valence-corrected chi connectivity index (χ3v) is 2.75. The highest BCUT2D eigenvalue weighted by atomic mass is 16.1. The molecule has 1 heterocycles. The molecule has 0 saturated heterocycles. The average Bonchev–Trinajstić information content (AvgIpc) is 2.48. The fraction of sp³-hybridized carbons (Fsp3) is 0.133. The maximum atomic E-state index is 12.1. The second-order valence-corrected chi connectivity index (χ2v) is 4.22. The topological polar surface area (TPSA) is 91.8 Å². The predicted molar refractivity (Wildman–Crippen MR) is 76.1 cm³/mol. The Morgan fingerprint density at radius 1 is 1.30 bits per heavy atom. The third-order valence-electron chi connectivity index (χ3n) is 2.75. The van der Waals surface area contributed by atoms with Crippen LogP contribution in [-0.4, -0.2) is 17.4 Å². The van der Waals surface area contributed by atoms with Gasteiger partial charge in [-0.25, -0.2) is 0 Å². The van der Waals surface area contributed by atoms with Crippen molar-refractivity contribution in [2.24, 2.45) is 5.73 Å². The summed E-state index contributed by atoms with van der Waals surface area (Å²) in [6.07, 6.45) is 2.23. The van der Waals surface area contributed by atoms with Crippen LogP contribution in [0.1, 0.15) is 21.6 Å². The van der Waals surface area contributed by atoms with Crippen molar-refractivity contribution in [1.29, 1.82) is 5.26 Å². The van der Waals surface area contributed by atoms with Crippen LogP contribution in [0.4, 0.5) is 5.69 Å². The van der Waals surface area contributed by atoms with Crippen LogP contribution in [0.15, 0.2) is 42.6 Å². The van der Waals surface area contributed by atoms with Gasteiger partial charge < -0.3 is 11.1 Å². The molecule has 0 spiro atoms. The largest absolute Gasteiger partial charge is 0.330 e. The molecule has 0 unspecified atom stereocenters. The van der Waals surface area contributed by atoms with E-state index in [4.69, 9.17) is 11.0 Å². The average molecular weight is 266 g/mol. The van der Waals surface area contributed by atoms with Crippen molar-refractivity contribution in [3.8, 4) is 6.07 Å². The molecule has 1 amide bonds. The van der Waals surface area contributed by atoms with Crippen molar-refractivity contribution in [2.45, 2.75) is 6.42 Å². The minimum atomic E-state index is -0.213. The van der Waals surface area contributed by atoms with Gasteiger partial charge in [0, 0.05) is 29.6 Å². The first-order valence-corrected chi connectivity index (χ1v) is 6.19. The van der Waals surface area contributed by atoms with Crippen LogP contribution in [0.5, 0.6) is 0 Å². The first-order chi connectivity index (χ1) is 9.72. The number of nitrogens with one attached hydrogen (secondary N) is 1. The Hall–Kier alpha value is -2.71. The number of amides is 1. The summed E-state index contributed by atoms with van der Waals surface area (Å²) in [6, 6.07) is 12.1. The minimum Gasteiger partial charge on any atom is -0.330 e. The monoisotopic (exact) mass is 266 g/mol. The van der Waals surface area contributed by atoms with Gasteiger partial charge >= 0.3 is 0 Å². The Labute approximate surface area is 117 Å². The van der Waals surface area contributed by atoms with E-state index in [2.05, 4.69) is 10.3 Å². The van der Waals surface area contributed by atoms with E-state index in [-0.39, 0.29) is 5.91 Å². The molecule has 1 aromatic carbocycles. The van der Waals surface area contributed by atoms with Crippen LogP contribution in [0, 0.1) is 11.3 Å².